The first-order chi connectivity index (χ1) is 12.8. The SMILES string of the molecule is COc1ccc([C@@H](C)NC(=O)CN(C)S(=O)(=O)c2ccc(SC)cc2)cc1. The number of carbonyl (C=O) groups excluding carboxylic acids is 1. The van der Waals surface area contributed by atoms with Crippen LogP contribution in [0.4, 0.5) is 0 Å². The number of methoxy groups -OCH3 is 1. The molecule has 0 unspecified atom stereocenters. The van der Waals surface area contributed by atoms with Crippen molar-refractivity contribution in [2.45, 2.75) is 22.8 Å². The molecule has 2 rings (SSSR count). The summed E-state index contributed by atoms with van der Waals surface area (Å²) in [4.78, 5) is 13.4. The van der Waals surface area contributed by atoms with Crippen LogP contribution in [0.3, 0.4) is 0 Å². The Kier molecular flexibility index (Phi) is 7.29. The molecule has 0 saturated heterocycles. The Hall–Kier alpha value is -2.03. The molecule has 0 bridgehead atoms. The van der Waals surface area contributed by atoms with E-state index < -0.39 is 10.0 Å². The van der Waals surface area contributed by atoms with Crippen molar-refractivity contribution in [1.29, 1.82) is 0 Å². The summed E-state index contributed by atoms with van der Waals surface area (Å²) in [5, 5.41) is 2.82. The second-order valence-corrected chi connectivity index (χ2v) is 8.92. The molecule has 0 aromatic heterocycles. The highest BCUT2D eigenvalue weighted by atomic mass is 32.2. The van der Waals surface area contributed by atoms with Crippen LogP contribution in [0.1, 0.15) is 18.5 Å². The summed E-state index contributed by atoms with van der Waals surface area (Å²) in [6, 6.07) is 13.7. The Morgan fingerprint density at radius 2 is 1.74 bits per heavy atom. The zero-order valence-corrected chi connectivity index (χ0v) is 17.4. The highest BCUT2D eigenvalue weighted by Gasteiger charge is 2.23. The van der Waals surface area contributed by atoms with E-state index >= 15 is 0 Å². The van der Waals surface area contributed by atoms with Crippen LogP contribution < -0.4 is 10.1 Å². The molecule has 0 radical (unpaired) electrons. The Balaban J connectivity index is 2.00. The fourth-order valence-corrected chi connectivity index (χ4v) is 4.01. The number of nitrogens with one attached hydrogen (secondary N) is 1. The van der Waals surface area contributed by atoms with E-state index in [0.29, 0.717) is 0 Å². The summed E-state index contributed by atoms with van der Waals surface area (Å²) in [7, 11) is -0.735. The summed E-state index contributed by atoms with van der Waals surface area (Å²) >= 11 is 1.53. The predicted octanol–water partition coefficient (Wildman–Crippen LogP) is 2.92. The highest BCUT2D eigenvalue weighted by molar-refractivity contribution is 7.98. The molecule has 2 aromatic carbocycles. The second kappa shape index (κ2) is 9.25. The van der Waals surface area contributed by atoms with Crippen LogP contribution in [0.15, 0.2) is 58.3 Å². The van der Waals surface area contributed by atoms with Gasteiger partial charge in [-0.05, 0) is 55.1 Å². The molecule has 0 fully saturated rings. The average Bonchev–Trinajstić information content (AvgIpc) is 2.67. The molecular formula is C19H24N2O4S2. The van der Waals surface area contributed by atoms with E-state index in [9.17, 15) is 13.2 Å². The van der Waals surface area contributed by atoms with Crippen molar-refractivity contribution in [3.8, 4) is 5.75 Å². The Morgan fingerprint density at radius 1 is 1.15 bits per heavy atom. The summed E-state index contributed by atoms with van der Waals surface area (Å²) in [5.41, 5.74) is 0.905. The van der Waals surface area contributed by atoms with Crippen molar-refractivity contribution in [3.05, 3.63) is 54.1 Å². The summed E-state index contributed by atoms with van der Waals surface area (Å²) in [6.45, 7) is 1.59. The number of amides is 1. The molecular weight excluding hydrogens is 384 g/mol. The molecule has 0 saturated carbocycles. The quantitative estimate of drug-likeness (QED) is 0.680. The summed E-state index contributed by atoms with van der Waals surface area (Å²) in [6.07, 6.45) is 1.92. The van der Waals surface area contributed by atoms with Gasteiger partial charge in [-0.3, -0.25) is 4.79 Å². The lowest BCUT2D eigenvalue weighted by Crippen LogP contribution is -2.39. The molecule has 1 N–H and O–H groups in total. The Morgan fingerprint density at radius 3 is 2.26 bits per heavy atom. The highest BCUT2D eigenvalue weighted by Crippen LogP contribution is 2.20. The first-order valence-corrected chi connectivity index (χ1v) is 11.0. The summed E-state index contributed by atoms with van der Waals surface area (Å²) in [5.74, 6) is 0.362. The first kappa shape index (κ1) is 21.3. The predicted molar refractivity (Wildman–Crippen MR) is 108 cm³/mol. The lowest BCUT2D eigenvalue weighted by molar-refractivity contribution is -0.121. The maximum atomic E-state index is 12.6. The molecule has 0 heterocycles. The van der Waals surface area contributed by atoms with Gasteiger partial charge in [0, 0.05) is 11.9 Å². The van der Waals surface area contributed by atoms with Crippen molar-refractivity contribution in [3.63, 3.8) is 0 Å². The van der Waals surface area contributed by atoms with Gasteiger partial charge in [0.1, 0.15) is 5.75 Å². The zero-order valence-electron chi connectivity index (χ0n) is 15.8. The van der Waals surface area contributed by atoms with Crippen molar-refractivity contribution >= 4 is 27.7 Å². The van der Waals surface area contributed by atoms with Gasteiger partial charge in [-0.25, -0.2) is 8.42 Å². The molecule has 0 aliphatic heterocycles. The van der Waals surface area contributed by atoms with Crippen LogP contribution in [0.5, 0.6) is 5.75 Å². The van der Waals surface area contributed by atoms with Gasteiger partial charge >= 0.3 is 0 Å². The third-order valence-corrected chi connectivity index (χ3v) is 6.69. The lowest BCUT2D eigenvalue weighted by atomic mass is 10.1. The van der Waals surface area contributed by atoms with Gasteiger partial charge in [0.25, 0.3) is 0 Å². The van der Waals surface area contributed by atoms with Crippen LogP contribution in [0.2, 0.25) is 0 Å². The van der Waals surface area contributed by atoms with Gasteiger partial charge in [0.05, 0.1) is 24.6 Å². The molecule has 1 atom stereocenters. The van der Waals surface area contributed by atoms with E-state index in [-0.39, 0.29) is 23.4 Å². The molecule has 0 aliphatic rings. The molecule has 1 amide bonds. The number of hydrogen-bond donors (Lipinski definition) is 1. The van der Waals surface area contributed by atoms with Gasteiger partial charge in [0.2, 0.25) is 15.9 Å². The lowest BCUT2D eigenvalue weighted by Gasteiger charge is -2.19. The summed E-state index contributed by atoms with van der Waals surface area (Å²) < 4.78 is 31.4. The van der Waals surface area contributed by atoms with Gasteiger partial charge in [-0.1, -0.05) is 12.1 Å². The number of thioether (sulfide) groups is 1. The van der Waals surface area contributed by atoms with Crippen molar-refractivity contribution in [2.75, 3.05) is 27.0 Å². The van der Waals surface area contributed by atoms with Crippen LogP contribution in [0.25, 0.3) is 0 Å². The number of rotatable bonds is 8. The smallest absolute Gasteiger partial charge is 0.243 e. The minimum Gasteiger partial charge on any atom is -0.497 e. The Bertz CT molecular complexity index is 866. The van der Waals surface area contributed by atoms with Crippen LogP contribution in [-0.2, 0) is 14.8 Å². The fourth-order valence-electron chi connectivity index (χ4n) is 2.48. The first-order valence-electron chi connectivity index (χ1n) is 8.31. The average molecular weight is 409 g/mol. The number of ether oxygens (including phenoxy) is 1. The number of benzene rings is 2. The maximum Gasteiger partial charge on any atom is 0.243 e. The van der Waals surface area contributed by atoms with Gasteiger partial charge in [-0.2, -0.15) is 4.31 Å². The van der Waals surface area contributed by atoms with E-state index in [1.165, 1.54) is 18.8 Å². The monoisotopic (exact) mass is 408 g/mol. The van der Waals surface area contributed by atoms with Crippen molar-refractivity contribution in [2.24, 2.45) is 0 Å². The van der Waals surface area contributed by atoms with E-state index in [0.717, 1.165) is 20.5 Å². The Labute approximate surface area is 165 Å². The number of likely N-dealkylation sites (N-methyl/N-ethyl adjacent to an activating group) is 1. The van der Waals surface area contributed by atoms with Crippen molar-refractivity contribution < 1.29 is 17.9 Å². The number of carbonyl (C=O) groups is 1. The molecule has 27 heavy (non-hydrogen) atoms. The third kappa shape index (κ3) is 5.47. The van der Waals surface area contributed by atoms with Gasteiger partial charge in [0.15, 0.2) is 0 Å². The fraction of sp³-hybridized carbons (Fsp3) is 0.316. The van der Waals surface area contributed by atoms with Gasteiger partial charge < -0.3 is 10.1 Å². The molecule has 0 spiro atoms. The minimum absolute atomic E-state index is 0.166. The molecule has 8 heteroatoms. The van der Waals surface area contributed by atoms with E-state index in [2.05, 4.69) is 5.32 Å². The maximum absolute atomic E-state index is 12.6. The number of sulfonamides is 1. The minimum atomic E-state index is -3.72. The molecule has 2 aromatic rings. The van der Waals surface area contributed by atoms with Crippen LogP contribution >= 0.6 is 11.8 Å². The molecule has 6 nitrogen and oxygen atoms in total. The normalized spacial score (nSPS) is 12.6. The van der Waals surface area contributed by atoms with Crippen LogP contribution in [-0.4, -0.2) is 45.6 Å². The van der Waals surface area contributed by atoms with E-state index in [1.807, 2.05) is 37.4 Å². The topological polar surface area (TPSA) is 75.7 Å². The van der Waals surface area contributed by atoms with E-state index in [1.54, 1.807) is 31.4 Å². The third-order valence-electron chi connectivity index (χ3n) is 4.13. The second-order valence-electron chi connectivity index (χ2n) is 6.00. The standard InChI is InChI=1S/C19H24N2O4S2/c1-14(15-5-7-16(25-3)8-6-15)20-19(22)13-21(2)27(23,24)18-11-9-17(26-4)10-12-18/h5-12,14H,13H2,1-4H3,(H,20,22)/t14-/m1/s1. The molecule has 0 aliphatic carbocycles. The van der Waals surface area contributed by atoms with Crippen LogP contribution in [0, 0.1) is 0 Å². The number of hydrogen-bond acceptors (Lipinski definition) is 5. The number of nitrogens with zero attached hydrogens (tertiary/aromatic N) is 1. The van der Waals surface area contributed by atoms with E-state index in [4.69, 9.17) is 4.74 Å². The zero-order chi connectivity index (χ0) is 20.0. The van der Waals surface area contributed by atoms with Crippen molar-refractivity contribution in [1.82, 2.24) is 9.62 Å². The molecule has 146 valence electrons. The largest absolute Gasteiger partial charge is 0.497 e. The van der Waals surface area contributed by atoms with Gasteiger partial charge in [-0.15, -0.1) is 11.8 Å².